The first-order chi connectivity index (χ1) is 14.3. The number of methoxy groups -OCH3 is 1. The second kappa shape index (κ2) is 11.2. The van der Waals surface area contributed by atoms with Crippen molar-refractivity contribution >= 4 is 16.9 Å². The highest BCUT2D eigenvalue weighted by atomic mass is 16.5. The third kappa shape index (κ3) is 6.05. The molecule has 0 saturated heterocycles. The monoisotopic (exact) mass is 397 g/mol. The van der Waals surface area contributed by atoms with Gasteiger partial charge in [-0.3, -0.25) is 4.99 Å². The molecule has 156 valence electrons. The van der Waals surface area contributed by atoms with Gasteiger partial charge in [-0.05, 0) is 24.5 Å². The molecule has 0 amide bonds. The molecule has 0 radical (unpaired) electrons. The first-order valence-corrected chi connectivity index (χ1v) is 10.2. The van der Waals surface area contributed by atoms with Crippen molar-refractivity contribution in [2.75, 3.05) is 33.4 Å². The van der Waals surface area contributed by atoms with Gasteiger partial charge >= 0.3 is 0 Å². The van der Waals surface area contributed by atoms with Crippen molar-refractivity contribution in [2.24, 2.45) is 4.99 Å². The number of para-hydroxylation sites is 1. The van der Waals surface area contributed by atoms with Gasteiger partial charge in [-0.15, -0.1) is 10.2 Å². The average Bonchev–Trinajstić information content (AvgIpc) is 3.37. The Bertz CT molecular complexity index is 899. The number of nitrogens with zero attached hydrogens (tertiary/aromatic N) is 4. The summed E-state index contributed by atoms with van der Waals surface area (Å²) in [6.45, 7) is 5.90. The quantitative estimate of drug-likeness (QED) is 0.262. The zero-order chi connectivity index (χ0) is 20.3. The first-order valence-electron chi connectivity index (χ1n) is 10.2. The summed E-state index contributed by atoms with van der Waals surface area (Å²) < 4.78 is 7.19. The van der Waals surface area contributed by atoms with Crippen LogP contribution in [0.15, 0.2) is 41.8 Å². The molecule has 0 aliphatic heterocycles. The number of fused-ring (bicyclic) bond motifs is 1. The maximum atomic E-state index is 5.12. The highest BCUT2D eigenvalue weighted by molar-refractivity contribution is 5.83. The molecule has 8 heteroatoms. The minimum atomic E-state index is 0.715. The van der Waals surface area contributed by atoms with Crippen molar-refractivity contribution in [3.8, 4) is 0 Å². The zero-order valence-electron chi connectivity index (χ0n) is 17.3. The van der Waals surface area contributed by atoms with Crippen molar-refractivity contribution < 1.29 is 4.74 Å². The fourth-order valence-electron chi connectivity index (χ4n) is 3.26. The summed E-state index contributed by atoms with van der Waals surface area (Å²) in [5.74, 6) is 1.82. The third-order valence-corrected chi connectivity index (χ3v) is 4.80. The molecular weight excluding hydrogens is 366 g/mol. The molecular formula is C21H31N7O. The van der Waals surface area contributed by atoms with Crippen molar-refractivity contribution in [2.45, 2.75) is 32.7 Å². The van der Waals surface area contributed by atoms with Gasteiger partial charge < -0.3 is 24.9 Å². The number of nitrogens with one attached hydrogen (secondary N) is 3. The maximum absolute atomic E-state index is 5.12. The van der Waals surface area contributed by atoms with Gasteiger partial charge in [0.2, 0.25) is 0 Å². The second-order valence-electron chi connectivity index (χ2n) is 6.83. The van der Waals surface area contributed by atoms with Gasteiger partial charge in [0, 0.05) is 63.4 Å². The topological polar surface area (TPSA) is 92.2 Å². The smallest absolute Gasteiger partial charge is 0.191 e. The van der Waals surface area contributed by atoms with Crippen LogP contribution in [0.4, 0.5) is 0 Å². The van der Waals surface area contributed by atoms with E-state index in [-0.39, 0.29) is 0 Å². The van der Waals surface area contributed by atoms with E-state index < -0.39 is 0 Å². The summed E-state index contributed by atoms with van der Waals surface area (Å²) >= 11 is 0. The SMILES string of the molecule is CCc1nncn1CCNC(=NCCCOC)NCCc1c[nH]c2ccccc12. The summed E-state index contributed by atoms with van der Waals surface area (Å²) in [6.07, 6.45) is 6.57. The van der Waals surface area contributed by atoms with Crippen LogP contribution >= 0.6 is 0 Å². The number of aryl methyl sites for hydroxylation is 1. The lowest BCUT2D eigenvalue weighted by molar-refractivity contribution is 0.197. The van der Waals surface area contributed by atoms with Gasteiger partial charge in [0.1, 0.15) is 12.2 Å². The average molecular weight is 398 g/mol. The minimum Gasteiger partial charge on any atom is -0.385 e. The molecule has 2 aromatic heterocycles. The Morgan fingerprint density at radius 3 is 2.97 bits per heavy atom. The maximum Gasteiger partial charge on any atom is 0.191 e. The van der Waals surface area contributed by atoms with Crippen LogP contribution in [-0.4, -0.2) is 59.1 Å². The molecule has 29 heavy (non-hydrogen) atoms. The molecule has 3 N–H and O–H groups in total. The van der Waals surface area contributed by atoms with Crippen LogP contribution in [0.2, 0.25) is 0 Å². The second-order valence-corrected chi connectivity index (χ2v) is 6.83. The number of aromatic amines is 1. The number of H-pyrrole nitrogens is 1. The van der Waals surface area contributed by atoms with E-state index in [1.54, 1.807) is 13.4 Å². The van der Waals surface area contributed by atoms with Crippen molar-refractivity contribution in [1.29, 1.82) is 0 Å². The number of hydrogen-bond donors (Lipinski definition) is 3. The Kier molecular flexibility index (Phi) is 8.06. The molecule has 0 atom stereocenters. The number of aliphatic imine (C=N–C) groups is 1. The fourth-order valence-corrected chi connectivity index (χ4v) is 3.26. The van der Waals surface area contributed by atoms with Crippen molar-refractivity contribution in [3.05, 3.63) is 48.2 Å². The van der Waals surface area contributed by atoms with E-state index in [4.69, 9.17) is 4.74 Å². The largest absolute Gasteiger partial charge is 0.385 e. The predicted octanol–water partition coefficient (Wildman–Crippen LogP) is 2.14. The molecule has 8 nitrogen and oxygen atoms in total. The Morgan fingerprint density at radius 2 is 2.10 bits per heavy atom. The van der Waals surface area contributed by atoms with Gasteiger partial charge in [0.15, 0.2) is 5.96 Å². The molecule has 0 saturated carbocycles. The summed E-state index contributed by atoms with van der Waals surface area (Å²) in [5, 5.41) is 16.3. The number of aromatic nitrogens is 4. The van der Waals surface area contributed by atoms with Crippen LogP contribution in [0, 0.1) is 0 Å². The van der Waals surface area contributed by atoms with E-state index in [2.05, 4.69) is 72.8 Å². The number of hydrogen-bond acceptors (Lipinski definition) is 4. The standard InChI is InChI=1S/C21H31N7O/c1-3-20-27-26-16-28(20)13-12-24-21(22-10-6-14-29-2)23-11-9-17-15-25-19-8-5-4-7-18(17)19/h4-5,7-8,15-16,25H,3,6,9-14H2,1-2H3,(H2,22,23,24). The Labute approximate surface area is 171 Å². The highest BCUT2D eigenvalue weighted by Crippen LogP contribution is 2.17. The Hall–Kier alpha value is -2.87. The number of ether oxygens (including phenoxy) is 1. The summed E-state index contributed by atoms with van der Waals surface area (Å²) in [6, 6.07) is 8.39. The van der Waals surface area contributed by atoms with Crippen LogP contribution < -0.4 is 10.6 Å². The lowest BCUT2D eigenvalue weighted by Gasteiger charge is -2.13. The van der Waals surface area contributed by atoms with E-state index in [9.17, 15) is 0 Å². The Balaban J connectivity index is 1.52. The predicted molar refractivity (Wildman–Crippen MR) is 116 cm³/mol. The van der Waals surface area contributed by atoms with Gasteiger partial charge in [-0.25, -0.2) is 0 Å². The summed E-state index contributed by atoms with van der Waals surface area (Å²) in [7, 11) is 1.72. The normalized spacial score (nSPS) is 11.9. The van der Waals surface area contributed by atoms with Crippen LogP contribution in [0.5, 0.6) is 0 Å². The first kappa shape index (κ1) is 20.9. The third-order valence-electron chi connectivity index (χ3n) is 4.80. The van der Waals surface area contributed by atoms with Gasteiger partial charge in [-0.2, -0.15) is 0 Å². The lowest BCUT2D eigenvalue weighted by atomic mass is 10.1. The van der Waals surface area contributed by atoms with Crippen LogP contribution in [0.3, 0.4) is 0 Å². The molecule has 3 rings (SSSR count). The summed E-state index contributed by atoms with van der Waals surface area (Å²) in [5.41, 5.74) is 2.48. The highest BCUT2D eigenvalue weighted by Gasteiger charge is 2.05. The Morgan fingerprint density at radius 1 is 1.24 bits per heavy atom. The van der Waals surface area contributed by atoms with E-state index in [0.29, 0.717) is 6.61 Å². The van der Waals surface area contributed by atoms with Gasteiger partial charge in [-0.1, -0.05) is 25.1 Å². The molecule has 0 aliphatic carbocycles. The molecule has 3 aromatic rings. The van der Waals surface area contributed by atoms with Gasteiger partial charge in [0.05, 0.1) is 0 Å². The van der Waals surface area contributed by atoms with Gasteiger partial charge in [0.25, 0.3) is 0 Å². The molecule has 2 heterocycles. The molecule has 0 aliphatic rings. The van der Waals surface area contributed by atoms with Crippen molar-refractivity contribution in [3.63, 3.8) is 0 Å². The van der Waals surface area contributed by atoms with Crippen LogP contribution in [-0.2, 0) is 24.1 Å². The number of rotatable bonds is 11. The molecule has 1 aromatic carbocycles. The molecule has 0 unspecified atom stereocenters. The van der Waals surface area contributed by atoms with E-state index >= 15 is 0 Å². The summed E-state index contributed by atoms with van der Waals surface area (Å²) in [4.78, 5) is 8.00. The number of guanidine groups is 1. The van der Waals surface area contributed by atoms with E-state index in [1.165, 1.54) is 16.5 Å². The fraction of sp³-hybridized carbons (Fsp3) is 0.476. The molecule has 0 fully saturated rings. The minimum absolute atomic E-state index is 0.715. The van der Waals surface area contributed by atoms with Crippen LogP contribution in [0.1, 0.15) is 24.7 Å². The van der Waals surface area contributed by atoms with E-state index in [1.807, 2.05) is 0 Å². The molecule has 0 spiro atoms. The van der Waals surface area contributed by atoms with Crippen molar-refractivity contribution in [1.82, 2.24) is 30.4 Å². The van der Waals surface area contributed by atoms with Crippen LogP contribution in [0.25, 0.3) is 10.9 Å². The zero-order valence-corrected chi connectivity index (χ0v) is 17.3. The lowest BCUT2D eigenvalue weighted by Crippen LogP contribution is -2.40. The van der Waals surface area contributed by atoms with E-state index in [0.717, 1.165) is 57.2 Å². The number of benzene rings is 1. The molecule has 0 bridgehead atoms.